The van der Waals surface area contributed by atoms with Crippen LogP contribution in [-0.4, -0.2) is 34.7 Å². The summed E-state index contributed by atoms with van der Waals surface area (Å²) in [5.74, 6) is -1.18. The van der Waals surface area contributed by atoms with Crippen LogP contribution >= 0.6 is 0 Å². The van der Waals surface area contributed by atoms with E-state index in [4.69, 9.17) is 24.7 Å². The molecule has 0 radical (unpaired) electrons. The van der Waals surface area contributed by atoms with Gasteiger partial charge in [0.05, 0.1) is 11.7 Å². The van der Waals surface area contributed by atoms with E-state index in [1.54, 1.807) is 6.07 Å². The summed E-state index contributed by atoms with van der Waals surface area (Å²) in [6.07, 6.45) is -3.25. The molecule has 0 bridgehead atoms. The lowest BCUT2D eigenvalue weighted by Gasteiger charge is -2.31. The summed E-state index contributed by atoms with van der Waals surface area (Å²) in [7, 11) is 0. The van der Waals surface area contributed by atoms with E-state index in [-0.39, 0.29) is 36.3 Å². The number of benzene rings is 1. The predicted molar refractivity (Wildman–Crippen MR) is 87.4 cm³/mol. The Morgan fingerprint density at radius 1 is 1.38 bits per heavy atom. The van der Waals surface area contributed by atoms with Crippen LogP contribution in [-0.2, 0) is 22.8 Å². The molecule has 0 amide bonds. The Morgan fingerprint density at radius 3 is 2.81 bits per heavy atom. The maximum atomic E-state index is 13.7. The monoisotopic (exact) mass is 367 g/mol. The number of nitrogens with two attached hydrogens (primary N) is 1. The number of hydrogen-bond donors (Lipinski definition) is 3. The molecule has 1 aliphatic heterocycles. The first kappa shape index (κ1) is 18.3. The number of carboxylic acids is 1. The van der Waals surface area contributed by atoms with Crippen molar-refractivity contribution in [2.75, 3.05) is 0 Å². The molecule has 26 heavy (non-hydrogen) atoms. The molecule has 0 saturated carbocycles. The largest absolute Gasteiger partial charge is 0.479 e. The Kier molecular flexibility index (Phi) is 5.21. The van der Waals surface area contributed by atoms with Gasteiger partial charge in [-0.05, 0) is 17.7 Å². The maximum absolute atomic E-state index is 13.7. The van der Waals surface area contributed by atoms with E-state index in [0.717, 1.165) is 0 Å². The van der Waals surface area contributed by atoms with Crippen LogP contribution in [0.5, 0.6) is 5.75 Å². The Morgan fingerprint density at radius 2 is 2.15 bits per heavy atom. The highest BCUT2D eigenvalue weighted by atomic mass is 19.1. The van der Waals surface area contributed by atoms with Gasteiger partial charge in [0.2, 0.25) is 6.29 Å². The second kappa shape index (κ2) is 7.40. The minimum Gasteiger partial charge on any atom is -0.479 e. The Balaban J connectivity index is 1.97. The SMILES string of the molecule is NCc1cc(=O)oc2c(CF)c(OC3CC(O)CC(C(=O)O)O3)ccc12. The average molecular weight is 367 g/mol. The zero-order chi connectivity index (χ0) is 18.8. The van der Waals surface area contributed by atoms with Gasteiger partial charge < -0.3 is 29.8 Å². The zero-order valence-corrected chi connectivity index (χ0v) is 13.7. The number of aliphatic hydroxyl groups excluding tert-OH is 1. The highest BCUT2D eigenvalue weighted by Crippen LogP contribution is 2.32. The maximum Gasteiger partial charge on any atom is 0.336 e. The molecule has 2 aromatic rings. The number of rotatable bonds is 5. The lowest BCUT2D eigenvalue weighted by Crippen LogP contribution is -2.42. The lowest BCUT2D eigenvalue weighted by molar-refractivity contribution is -0.195. The van der Waals surface area contributed by atoms with Crippen molar-refractivity contribution < 1.29 is 33.3 Å². The zero-order valence-electron chi connectivity index (χ0n) is 13.7. The van der Waals surface area contributed by atoms with Gasteiger partial charge in [0, 0.05) is 30.8 Å². The fraction of sp³-hybridized carbons (Fsp3) is 0.412. The number of alkyl halides is 1. The van der Waals surface area contributed by atoms with Crippen LogP contribution < -0.4 is 16.1 Å². The number of aliphatic carboxylic acids is 1. The van der Waals surface area contributed by atoms with E-state index in [2.05, 4.69) is 0 Å². The molecule has 8 nitrogen and oxygen atoms in total. The summed E-state index contributed by atoms with van der Waals surface area (Å²) < 4.78 is 29.6. The highest BCUT2D eigenvalue weighted by Gasteiger charge is 2.34. The fourth-order valence-corrected chi connectivity index (χ4v) is 2.97. The first-order chi connectivity index (χ1) is 12.4. The van der Waals surface area contributed by atoms with Gasteiger partial charge in [0.1, 0.15) is 18.0 Å². The molecule has 0 spiro atoms. The molecule has 0 aliphatic carbocycles. The van der Waals surface area contributed by atoms with Crippen molar-refractivity contribution in [3.05, 3.63) is 39.7 Å². The molecular formula is C17H18FNO7. The van der Waals surface area contributed by atoms with E-state index < -0.39 is 36.8 Å². The number of halogens is 1. The standard InChI is InChI=1S/C17H18FNO7/c18-6-11-12(24-15-5-9(20)4-13(25-15)17(22)23)2-1-10-8(7-19)3-14(21)26-16(10)11/h1-3,9,13,15,20H,4-7,19H2,(H,22,23). The van der Waals surface area contributed by atoms with Gasteiger partial charge in [0.15, 0.2) is 6.10 Å². The van der Waals surface area contributed by atoms with Crippen molar-refractivity contribution in [1.29, 1.82) is 0 Å². The molecule has 140 valence electrons. The average Bonchev–Trinajstić information content (AvgIpc) is 2.60. The Labute approximate surface area is 146 Å². The van der Waals surface area contributed by atoms with Gasteiger partial charge >= 0.3 is 11.6 Å². The molecule has 3 atom stereocenters. The molecule has 1 aromatic heterocycles. The Bertz CT molecular complexity index is 881. The van der Waals surface area contributed by atoms with E-state index >= 15 is 0 Å². The summed E-state index contributed by atoms with van der Waals surface area (Å²) in [4.78, 5) is 22.8. The van der Waals surface area contributed by atoms with Crippen LogP contribution in [0.2, 0.25) is 0 Å². The van der Waals surface area contributed by atoms with Crippen molar-refractivity contribution >= 4 is 16.9 Å². The van der Waals surface area contributed by atoms with Gasteiger partial charge in [-0.15, -0.1) is 0 Å². The van der Waals surface area contributed by atoms with Gasteiger partial charge in [-0.2, -0.15) is 0 Å². The minimum atomic E-state index is -1.22. The van der Waals surface area contributed by atoms with Gasteiger partial charge in [-0.1, -0.05) is 0 Å². The van der Waals surface area contributed by atoms with Crippen molar-refractivity contribution in [3.63, 3.8) is 0 Å². The summed E-state index contributed by atoms with van der Waals surface area (Å²) in [6.45, 7) is -0.909. The third-order valence-corrected chi connectivity index (χ3v) is 4.21. The van der Waals surface area contributed by atoms with E-state index in [0.29, 0.717) is 10.9 Å². The molecule has 3 rings (SSSR count). The van der Waals surface area contributed by atoms with Crippen LogP contribution in [0.1, 0.15) is 24.0 Å². The second-order valence-corrected chi connectivity index (χ2v) is 5.98. The highest BCUT2D eigenvalue weighted by molar-refractivity contribution is 5.85. The van der Waals surface area contributed by atoms with Crippen LogP contribution in [0.4, 0.5) is 4.39 Å². The quantitative estimate of drug-likeness (QED) is 0.668. The number of hydrogen-bond acceptors (Lipinski definition) is 7. The number of aliphatic hydroxyl groups is 1. The summed E-state index contributed by atoms with van der Waals surface area (Å²) in [6, 6.07) is 4.28. The topological polar surface area (TPSA) is 132 Å². The first-order valence-electron chi connectivity index (χ1n) is 8.00. The molecular weight excluding hydrogens is 349 g/mol. The van der Waals surface area contributed by atoms with E-state index in [1.807, 2.05) is 0 Å². The van der Waals surface area contributed by atoms with Crippen molar-refractivity contribution in [1.82, 2.24) is 0 Å². The third-order valence-electron chi connectivity index (χ3n) is 4.21. The molecule has 1 aromatic carbocycles. The minimum absolute atomic E-state index is 0.00885. The number of fused-ring (bicyclic) bond motifs is 1. The van der Waals surface area contributed by atoms with Crippen LogP contribution in [0.3, 0.4) is 0 Å². The molecule has 9 heteroatoms. The molecule has 1 aliphatic rings. The number of ether oxygens (including phenoxy) is 2. The molecule has 3 unspecified atom stereocenters. The van der Waals surface area contributed by atoms with Crippen LogP contribution in [0, 0.1) is 0 Å². The molecule has 1 saturated heterocycles. The summed E-state index contributed by atoms with van der Waals surface area (Å²) in [5, 5.41) is 19.4. The van der Waals surface area contributed by atoms with Crippen molar-refractivity contribution in [2.45, 2.75) is 44.6 Å². The lowest BCUT2D eigenvalue weighted by atomic mass is 10.0. The van der Waals surface area contributed by atoms with Gasteiger partial charge in [0.25, 0.3) is 0 Å². The number of carboxylic acid groups (broad SMARTS) is 1. The van der Waals surface area contributed by atoms with Crippen molar-refractivity contribution in [2.24, 2.45) is 5.73 Å². The normalized spacial score (nSPS) is 23.1. The Hall–Kier alpha value is -2.49. The first-order valence-corrected chi connectivity index (χ1v) is 8.00. The van der Waals surface area contributed by atoms with E-state index in [1.165, 1.54) is 12.1 Å². The van der Waals surface area contributed by atoms with Gasteiger partial charge in [-0.3, -0.25) is 0 Å². The smallest absolute Gasteiger partial charge is 0.336 e. The van der Waals surface area contributed by atoms with Crippen LogP contribution in [0.15, 0.2) is 27.4 Å². The fourth-order valence-electron chi connectivity index (χ4n) is 2.97. The van der Waals surface area contributed by atoms with Crippen LogP contribution in [0.25, 0.3) is 11.0 Å². The van der Waals surface area contributed by atoms with Gasteiger partial charge in [-0.25, -0.2) is 14.0 Å². The second-order valence-electron chi connectivity index (χ2n) is 5.98. The van der Waals surface area contributed by atoms with E-state index in [9.17, 15) is 19.1 Å². The molecule has 4 N–H and O–H groups in total. The predicted octanol–water partition coefficient (Wildman–Crippen LogP) is 1.05. The molecule has 2 heterocycles. The molecule has 1 fully saturated rings. The summed E-state index contributed by atoms with van der Waals surface area (Å²) >= 11 is 0. The third kappa shape index (κ3) is 3.55. The van der Waals surface area contributed by atoms with Crippen molar-refractivity contribution in [3.8, 4) is 5.75 Å². The number of carbonyl (C=O) groups is 1. The summed E-state index contributed by atoms with van der Waals surface area (Å²) in [5.41, 5.74) is 5.46.